The van der Waals surface area contributed by atoms with Crippen LogP contribution in [0, 0.1) is 0 Å². The van der Waals surface area contributed by atoms with Gasteiger partial charge in [0.2, 0.25) is 0 Å². The van der Waals surface area contributed by atoms with E-state index in [-0.39, 0.29) is 31.1 Å². The molecule has 0 aliphatic rings. The Morgan fingerprint density at radius 3 is 1.02 bits per heavy atom. The van der Waals surface area contributed by atoms with Gasteiger partial charge in [-0.25, -0.2) is 0 Å². The van der Waals surface area contributed by atoms with Crippen molar-refractivity contribution in [1.29, 1.82) is 0 Å². The van der Waals surface area contributed by atoms with Gasteiger partial charge in [0.25, 0.3) is 0 Å². The number of allylic oxidation sites excluding steroid dienone is 12. The summed E-state index contributed by atoms with van der Waals surface area (Å²) in [5, 5.41) is 0. The zero-order valence-corrected chi connectivity index (χ0v) is 42.7. The molecule has 0 aromatic heterocycles. The zero-order valence-electron chi connectivity index (χ0n) is 42.7. The van der Waals surface area contributed by atoms with E-state index < -0.39 is 6.10 Å². The molecular formula is C59H102O6. The highest BCUT2D eigenvalue weighted by Crippen LogP contribution is 2.16. The summed E-state index contributed by atoms with van der Waals surface area (Å²) < 4.78 is 16.7. The highest BCUT2D eigenvalue weighted by Gasteiger charge is 2.19. The smallest absolute Gasteiger partial charge is 0.306 e. The van der Waals surface area contributed by atoms with Crippen LogP contribution in [0.3, 0.4) is 0 Å². The van der Waals surface area contributed by atoms with Crippen molar-refractivity contribution in [1.82, 2.24) is 0 Å². The van der Waals surface area contributed by atoms with E-state index in [1.165, 1.54) is 116 Å². The molecule has 374 valence electrons. The number of carbonyl (C=O) groups is 3. The Morgan fingerprint density at radius 2 is 0.631 bits per heavy atom. The Bertz CT molecular complexity index is 1230. The molecule has 0 spiro atoms. The van der Waals surface area contributed by atoms with Crippen LogP contribution in [0.2, 0.25) is 0 Å². The van der Waals surface area contributed by atoms with Crippen LogP contribution >= 0.6 is 0 Å². The summed E-state index contributed by atoms with van der Waals surface area (Å²) in [6.45, 7) is 6.40. The molecular weight excluding hydrogens is 805 g/mol. The minimum absolute atomic E-state index is 0.0765. The summed E-state index contributed by atoms with van der Waals surface area (Å²) in [4.78, 5) is 37.7. The zero-order chi connectivity index (χ0) is 47.2. The lowest BCUT2D eigenvalue weighted by atomic mass is 10.0. The number of hydrogen-bond donors (Lipinski definition) is 0. The van der Waals surface area contributed by atoms with Crippen molar-refractivity contribution in [2.75, 3.05) is 13.2 Å². The van der Waals surface area contributed by atoms with Crippen LogP contribution in [-0.2, 0) is 28.6 Å². The average molecular weight is 907 g/mol. The predicted octanol–water partition coefficient (Wildman–Crippen LogP) is 18.2. The van der Waals surface area contributed by atoms with Gasteiger partial charge >= 0.3 is 17.9 Å². The normalized spacial score (nSPS) is 12.6. The molecule has 0 aromatic carbocycles. The van der Waals surface area contributed by atoms with Gasteiger partial charge in [-0.1, -0.05) is 235 Å². The van der Waals surface area contributed by atoms with Gasteiger partial charge < -0.3 is 14.2 Å². The molecule has 1 atom stereocenters. The highest BCUT2D eigenvalue weighted by molar-refractivity contribution is 5.71. The number of hydrogen-bond acceptors (Lipinski definition) is 6. The molecule has 0 radical (unpaired) electrons. The van der Waals surface area contributed by atoms with Gasteiger partial charge in [-0.15, -0.1) is 0 Å². The van der Waals surface area contributed by atoms with Crippen LogP contribution in [0.5, 0.6) is 0 Å². The minimum atomic E-state index is -0.772. The van der Waals surface area contributed by atoms with E-state index in [1.54, 1.807) is 0 Å². The lowest BCUT2D eigenvalue weighted by molar-refractivity contribution is -0.167. The molecule has 0 saturated carbocycles. The second-order valence-electron chi connectivity index (χ2n) is 18.1. The van der Waals surface area contributed by atoms with Gasteiger partial charge in [-0.2, -0.15) is 0 Å². The Hall–Kier alpha value is -3.15. The molecule has 0 heterocycles. The second-order valence-corrected chi connectivity index (χ2v) is 18.1. The molecule has 0 N–H and O–H groups in total. The molecule has 0 rings (SSSR count). The fourth-order valence-electron chi connectivity index (χ4n) is 7.59. The molecule has 0 aliphatic heterocycles. The van der Waals surface area contributed by atoms with Crippen molar-refractivity contribution in [3.8, 4) is 0 Å². The van der Waals surface area contributed by atoms with Gasteiger partial charge in [-0.3, -0.25) is 14.4 Å². The van der Waals surface area contributed by atoms with E-state index in [0.29, 0.717) is 19.3 Å². The van der Waals surface area contributed by atoms with Crippen molar-refractivity contribution in [3.05, 3.63) is 72.9 Å². The number of unbranched alkanes of at least 4 members (excludes halogenated alkanes) is 26. The fraction of sp³-hybridized carbons (Fsp3) is 0.746. The van der Waals surface area contributed by atoms with Crippen molar-refractivity contribution in [3.63, 3.8) is 0 Å². The SMILES string of the molecule is CC/C=C\C/C=C\C/C=C\C/C=C\C/C=C\CCCCCCCCCCCCCCCCCC(=O)OCC(COC(=O)CCCCCCCC)OC(=O)CCCCCCC/C=C\CCC. The summed E-state index contributed by atoms with van der Waals surface area (Å²) in [6.07, 6.45) is 68.0. The van der Waals surface area contributed by atoms with E-state index in [4.69, 9.17) is 14.2 Å². The van der Waals surface area contributed by atoms with Crippen molar-refractivity contribution < 1.29 is 28.6 Å². The maximum atomic E-state index is 12.7. The molecule has 65 heavy (non-hydrogen) atoms. The molecule has 6 nitrogen and oxygen atoms in total. The quantitative estimate of drug-likeness (QED) is 0.0262. The number of esters is 3. The van der Waals surface area contributed by atoms with E-state index >= 15 is 0 Å². The van der Waals surface area contributed by atoms with E-state index in [1.807, 2.05) is 0 Å². The molecule has 0 bridgehead atoms. The van der Waals surface area contributed by atoms with Crippen molar-refractivity contribution >= 4 is 17.9 Å². The van der Waals surface area contributed by atoms with Crippen LogP contribution in [0.25, 0.3) is 0 Å². The first-order valence-corrected chi connectivity index (χ1v) is 27.4. The first kappa shape index (κ1) is 61.9. The number of ether oxygens (including phenoxy) is 3. The maximum absolute atomic E-state index is 12.7. The predicted molar refractivity (Wildman–Crippen MR) is 279 cm³/mol. The summed E-state index contributed by atoms with van der Waals surface area (Å²) in [5.74, 6) is -0.895. The summed E-state index contributed by atoms with van der Waals surface area (Å²) in [7, 11) is 0. The Labute approximate surface area is 402 Å². The lowest BCUT2D eigenvalue weighted by Gasteiger charge is -2.18. The van der Waals surface area contributed by atoms with Gasteiger partial charge in [0, 0.05) is 19.3 Å². The molecule has 1 unspecified atom stereocenters. The standard InChI is InChI=1S/C59H102O6/c1-4-7-10-13-16-18-20-21-22-23-24-25-26-27-28-29-30-31-32-33-34-35-36-37-38-39-40-42-43-46-49-52-58(61)64-55-56(54-63-57(60)51-48-45-15-12-9-6-3)65-59(62)53-50-47-44-41-19-17-14-11-8-5-2/h7,10-11,14,16,18,21-22,24-25,27-28,56H,4-6,8-9,12-13,15,17,19-20,23,26,29-55H2,1-3H3/b10-7-,14-11-,18-16-,22-21-,25-24-,28-27-. The third-order valence-corrected chi connectivity index (χ3v) is 11.7. The first-order valence-electron chi connectivity index (χ1n) is 27.4. The van der Waals surface area contributed by atoms with Gasteiger partial charge in [0.15, 0.2) is 6.10 Å². The average Bonchev–Trinajstić information content (AvgIpc) is 3.30. The van der Waals surface area contributed by atoms with Crippen LogP contribution in [0.15, 0.2) is 72.9 Å². The van der Waals surface area contributed by atoms with Crippen molar-refractivity contribution in [2.45, 2.75) is 271 Å². The molecule has 0 fully saturated rings. The number of rotatable bonds is 49. The lowest BCUT2D eigenvalue weighted by Crippen LogP contribution is -2.30. The van der Waals surface area contributed by atoms with Crippen LogP contribution in [0.1, 0.15) is 265 Å². The van der Waals surface area contributed by atoms with Crippen molar-refractivity contribution in [2.24, 2.45) is 0 Å². The van der Waals surface area contributed by atoms with Crippen LogP contribution in [-0.4, -0.2) is 37.2 Å². The van der Waals surface area contributed by atoms with Crippen LogP contribution < -0.4 is 0 Å². The summed E-state index contributed by atoms with van der Waals surface area (Å²) in [6, 6.07) is 0. The summed E-state index contributed by atoms with van der Waals surface area (Å²) >= 11 is 0. The maximum Gasteiger partial charge on any atom is 0.306 e. The topological polar surface area (TPSA) is 78.9 Å². The van der Waals surface area contributed by atoms with Gasteiger partial charge in [0.05, 0.1) is 0 Å². The number of carbonyl (C=O) groups excluding carboxylic acids is 3. The Balaban J connectivity index is 3.96. The third kappa shape index (κ3) is 51.7. The Morgan fingerprint density at radius 1 is 0.323 bits per heavy atom. The van der Waals surface area contributed by atoms with Gasteiger partial charge in [0.1, 0.15) is 13.2 Å². The molecule has 0 saturated heterocycles. The third-order valence-electron chi connectivity index (χ3n) is 11.7. The summed E-state index contributed by atoms with van der Waals surface area (Å²) in [5.41, 5.74) is 0. The molecule has 0 amide bonds. The highest BCUT2D eigenvalue weighted by atomic mass is 16.6. The second kappa shape index (κ2) is 53.5. The molecule has 0 aromatic rings. The van der Waals surface area contributed by atoms with E-state index in [0.717, 1.165) is 109 Å². The molecule has 6 heteroatoms. The first-order chi connectivity index (χ1) is 32.0. The monoisotopic (exact) mass is 907 g/mol. The van der Waals surface area contributed by atoms with Crippen LogP contribution in [0.4, 0.5) is 0 Å². The van der Waals surface area contributed by atoms with E-state index in [2.05, 4.69) is 93.7 Å². The van der Waals surface area contributed by atoms with Gasteiger partial charge in [-0.05, 0) is 83.5 Å². The largest absolute Gasteiger partial charge is 0.462 e. The fourth-order valence-corrected chi connectivity index (χ4v) is 7.59. The van der Waals surface area contributed by atoms with E-state index in [9.17, 15) is 14.4 Å². The molecule has 0 aliphatic carbocycles. The minimum Gasteiger partial charge on any atom is -0.462 e. The Kier molecular flexibility index (Phi) is 50.9.